The van der Waals surface area contributed by atoms with E-state index in [1.165, 1.54) is 26.7 Å². The predicted octanol–water partition coefficient (Wildman–Crippen LogP) is 2.03. The zero-order valence-corrected chi connectivity index (χ0v) is 21.1. The van der Waals surface area contributed by atoms with E-state index in [-0.39, 0.29) is 30.5 Å². The lowest BCUT2D eigenvalue weighted by atomic mass is 10.0. The molecule has 0 radical (unpaired) electrons. The van der Waals surface area contributed by atoms with Gasteiger partial charge in [0.15, 0.2) is 10.8 Å². The van der Waals surface area contributed by atoms with Crippen molar-refractivity contribution in [1.82, 2.24) is 19.5 Å². The summed E-state index contributed by atoms with van der Waals surface area (Å²) < 4.78 is 32.7. The number of ether oxygens (including phenoxy) is 1. The van der Waals surface area contributed by atoms with Crippen LogP contribution in [0.3, 0.4) is 0 Å². The van der Waals surface area contributed by atoms with Crippen molar-refractivity contribution in [2.45, 2.75) is 50.6 Å². The maximum atomic E-state index is 13.5. The van der Waals surface area contributed by atoms with Crippen molar-refractivity contribution in [3.05, 3.63) is 47.6 Å². The molecule has 2 amide bonds. The van der Waals surface area contributed by atoms with E-state index in [0.717, 1.165) is 0 Å². The molecule has 12 heteroatoms. The van der Waals surface area contributed by atoms with Crippen molar-refractivity contribution in [3.8, 4) is 5.06 Å². The molecule has 2 saturated heterocycles. The number of ketones is 1. The summed E-state index contributed by atoms with van der Waals surface area (Å²) in [6, 6.07) is 6.02. The van der Waals surface area contributed by atoms with Crippen LogP contribution in [0.5, 0.6) is 5.06 Å². The number of hydrogen-bond acceptors (Lipinski definition) is 8. The van der Waals surface area contributed by atoms with Crippen LogP contribution in [0.25, 0.3) is 0 Å². The fourth-order valence-corrected chi connectivity index (χ4v) is 6.85. The molecule has 4 heterocycles. The number of carbonyl (C=O) groups excluding carboxylic acids is 3. The lowest BCUT2D eigenvalue weighted by Gasteiger charge is -2.28. The molecule has 2 fully saturated rings. The molecule has 0 aliphatic carbocycles. The normalized spacial score (nSPS) is 21.2. The molecule has 2 aliphatic heterocycles. The van der Waals surface area contributed by atoms with Gasteiger partial charge in [0.05, 0.1) is 18.3 Å². The van der Waals surface area contributed by atoms with Crippen LogP contribution >= 0.6 is 11.3 Å². The van der Waals surface area contributed by atoms with Gasteiger partial charge in [-0.3, -0.25) is 14.6 Å². The molecule has 188 valence electrons. The number of carbonyl (C=O) groups is 3. The monoisotopic (exact) mass is 520 g/mol. The molecule has 0 aromatic carbocycles. The Morgan fingerprint density at radius 1 is 1.26 bits per heavy atom. The first kappa shape index (κ1) is 25.3. The van der Waals surface area contributed by atoms with Gasteiger partial charge in [-0.05, 0) is 48.4 Å². The highest BCUT2D eigenvalue weighted by Gasteiger charge is 2.54. The van der Waals surface area contributed by atoms with Gasteiger partial charge in [0.2, 0.25) is 15.9 Å². The van der Waals surface area contributed by atoms with Crippen molar-refractivity contribution in [2.24, 2.45) is 5.92 Å². The SMILES string of the molecule is CC(C)CC(NC(=O)Oc1cccs1)C(=O)N1CCC2C1C(=O)CN2S(=O)(=O)Cc1ccccn1. The Kier molecular flexibility index (Phi) is 7.53. The fraction of sp³-hybridized carbons (Fsp3) is 0.478. The largest absolute Gasteiger partial charge is 0.414 e. The van der Waals surface area contributed by atoms with Gasteiger partial charge >= 0.3 is 6.09 Å². The van der Waals surface area contributed by atoms with E-state index >= 15 is 0 Å². The molecular formula is C23H28N4O6S2. The molecule has 0 bridgehead atoms. The summed E-state index contributed by atoms with van der Waals surface area (Å²) in [5.74, 6) is -0.967. The zero-order valence-electron chi connectivity index (χ0n) is 19.5. The Hall–Kier alpha value is -2.83. The van der Waals surface area contributed by atoms with Crippen molar-refractivity contribution in [2.75, 3.05) is 13.1 Å². The lowest BCUT2D eigenvalue weighted by Crippen LogP contribution is -2.53. The van der Waals surface area contributed by atoms with Crippen molar-refractivity contribution in [3.63, 3.8) is 0 Å². The number of rotatable bonds is 8. The number of aromatic nitrogens is 1. The third kappa shape index (κ3) is 5.71. The predicted molar refractivity (Wildman–Crippen MR) is 129 cm³/mol. The van der Waals surface area contributed by atoms with Gasteiger partial charge in [-0.2, -0.15) is 4.31 Å². The highest BCUT2D eigenvalue weighted by Crippen LogP contribution is 2.33. The Bertz CT molecular complexity index is 1170. The van der Waals surface area contributed by atoms with Crippen molar-refractivity contribution < 1.29 is 27.5 Å². The molecule has 2 aromatic rings. The summed E-state index contributed by atoms with van der Waals surface area (Å²) in [6.45, 7) is 3.79. The highest BCUT2D eigenvalue weighted by molar-refractivity contribution is 7.88. The number of amides is 2. The van der Waals surface area contributed by atoms with Crippen LogP contribution in [0.4, 0.5) is 4.79 Å². The van der Waals surface area contributed by atoms with E-state index in [9.17, 15) is 22.8 Å². The van der Waals surface area contributed by atoms with E-state index in [0.29, 0.717) is 23.6 Å². The van der Waals surface area contributed by atoms with Crippen LogP contribution in [0.1, 0.15) is 32.4 Å². The van der Waals surface area contributed by atoms with Crippen molar-refractivity contribution >= 4 is 39.1 Å². The first-order valence-corrected chi connectivity index (χ1v) is 13.9. The zero-order chi connectivity index (χ0) is 25.2. The fourth-order valence-electron chi connectivity index (χ4n) is 4.61. The van der Waals surface area contributed by atoms with E-state index in [2.05, 4.69) is 10.3 Å². The summed E-state index contributed by atoms with van der Waals surface area (Å²) in [6.07, 6.45) is 1.46. The number of nitrogens with one attached hydrogen (secondary N) is 1. The van der Waals surface area contributed by atoms with Crippen LogP contribution in [0, 0.1) is 5.92 Å². The summed E-state index contributed by atoms with van der Waals surface area (Å²) in [5, 5.41) is 4.80. The smallest absolute Gasteiger partial charge is 0.399 e. The molecule has 4 rings (SSSR count). The minimum atomic E-state index is -3.81. The van der Waals surface area contributed by atoms with Crippen LogP contribution in [0.15, 0.2) is 41.9 Å². The molecule has 3 atom stereocenters. The second-order valence-corrected chi connectivity index (χ2v) is 11.9. The molecular weight excluding hydrogens is 492 g/mol. The number of thiophene rings is 1. The second kappa shape index (κ2) is 10.4. The standard InChI is InChI=1S/C23H28N4O6S2/c1-15(2)12-17(25-23(30)33-20-7-5-11-34-20)22(29)26-10-8-18-21(26)19(28)13-27(18)35(31,32)14-16-6-3-4-9-24-16/h3-7,9,11,15,17-18,21H,8,10,12-14H2,1-2H3,(H,25,30). The molecule has 35 heavy (non-hydrogen) atoms. The van der Waals surface area contributed by atoms with Gasteiger partial charge in [0.1, 0.15) is 17.8 Å². The number of pyridine rings is 1. The number of nitrogens with zero attached hydrogens (tertiary/aromatic N) is 3. The average Bonchev–Trinajstić information content (AvgIpc) is 3.52. The number of likely N-dealkylation sites (tertiary alicyclic amines) is 1. The second-order valence-electron chi connectivity index (χ2n) is 9.07. The van der Waals surface area contributed by atoms with Gasteiger partial charge < -0.3 is 15.0 Å². The van der Waals surface area contributed by atoms with E-state index in [4.69, 9.17) is 4.74 Å². The van der Waals surface area contributed by atoms with E-state index < -0.39 is 40.1 Å². The Balaban J connectivity index is 1.48. The molecule has 10 nitrogen and oxygen atoms in total. The van der Waals surface area contributed by atoms with Crippen LogP contribution in [0.2, 0.25) is 0 Å². The first-order valence-electron chi connectivity index (χ1n) is 11.4. The number of fused-ring (bicyclic) bond motifs is 1. The average molecular weight is 521 g/mol. The molecule has 1 N–H and O–H groups in total. The molecule has 0 saturated carbocycles. The third-order valence-corrected chi connectivity index (χ3v) is 8.58. The summed E-state index contributed by atoms with van der Waals surface area (Å²) in [4.78, 5) is 44.3. The Labute approximate surface area is 208 Å². The van der Waals surface area contributed by atoms with Crippen LogP contribution < -0.4 is 10.1 Å². The van der Waals surface area contributed by atoms with Crippen LogP contribution in [-0.2, 0) is 25.4 Å². The molecule has 3 unspecified atom stereocenters. The van der Waals surface area contributed by atoms with Crippen molar-refractivity contribution in [1.29, 1.82) is 0 Å². The Morgan fingerprint density at radius 2 is 2.06 bits per heavy atom. The van der Waals surface area contributed by atoms with E-state index in [1.807, 2.05) is 13.8 Å². The third-order valence-electron chi connectivity index (χ3n) is 6.06. The first-order chi connectivity index (χ1) is 16.7. The lowest BCUT2D eigenvalue weighted by molar-refractivity contribution is -0.138. The van der Waals surface area contributed by atoms with Gasteiger partial charge in [-0.15, -0.1) is 11.3 Å². The number of Topliss-reactive ketones (excluding diaryl/α,β-unsaturated/α-hetero) is 1. The van der Waals surface area contributed by atoms with Gasteiger partial charge in [0, 0.05) is 12.7 Å². The maximum absolute atomic E-state index is 13.5. The molecule has 2 aliphatic rings. The van der Waals surface area contributed by atoms with Gasteiger partial charge in [-0.25, -0.2) is 13.2 Å². The molecule has 0 spiro atoms. The minimum absolute atomic E-state index is 0.0823. The maximum Gasteiger partial charge on any atom is 0.414 e. The van der Waals surface area contributed by atoms with E-state index in [1.54, 1.807) is 35.7 Å². The highest BCUT2D eigenvalue weighted by atomic mass is 32.2. The van der Waals surface area contributed by atoms with Gasteiger partial charge in [-0.1, -0.05) is 19.9 Å². The minimum Gasteiger partial charge on any atom is -0.399 e. The number of hydrogen-bond donors (Lipinski definition) is 1. The quantitative estimate of drug-likeness (QED) is 0.564. The summed E-state index contributed by atoms with van der Waals surface area (Å²) in [5.41, 5.74) is 0.389. The summed E-state index contributed by atoms with van der Waals surface area (Å²) in [7, 11) is -3.81. The molecule has 2 aromatic heterocycles. The van der Waals surface area contributed by atoms with Gasteiger partial charge in [0.25, 0.3) is 0 Å². The van der Waals surface area contributed by atoms with Crippen LogP contribution in [-0.4, -0.2) is 71.6 Å². The topological polar surface area (TPSA) is 126 Å². The number of sulfonamides is 1. The summed E-state index contributed by atoms with van der Waals surface area (Å²) >= 11 is 1.25. The Morgan fingerprint density at radius 3 is 2.71 bits per heavy atom.